The molecule has 4 rings (SSSR count). The third-order valence-electron chi connectivity index (χ3n) is 3.78. The summed E-state index contributed by atoms with van der Waals surface area (Å²) in [6.45, 7) is 0. The molecule has 0 aliphatic heterocycles. The summed E-state index contributed by atoms with van der Waals surface area (Å²) >= 11 is 0. The summed E-state index contributed by atoms with van der Waals surface area (Å²) in [5.41, 5.74) is 1.48. The highest BCUT2D eigenvalue weighted by molar-refractivity contribution is 5.87. The maximum absolute atomic E-state index is 10.9. The van der Waals surface area contributed by atoms with E-state index in [0.29, 0.717) is 11.3 Å². The molecule has 1 heterocycles. The zero-order chi connectivity index (χ0) is 15.8. The number of nitro groups is 1. The second-order valence-electron chi connectivity index (χ2n) is 5.26. The van der Waals surface area contributed by atoms with Gasteiger partial charge in [0, 0.05) is 29.3 Å². The minimum atomic E-state index is -0.419. The Bertz CT molecular complexity index is 1060. The summed E-state index contributed by atoms with van der Waals surface area (Å²) in [7, 11) is 0. The average molecular weight is 301 g/mol. The lowest BCUT2D eigenvalue weighted by atomic mass is 10.1. The largest absolute Gasteiger partial charge is 0.271 e. The van der Waals surface area contributed by atoms with Crippen LogP contribution in [-0.2, 0) is 0 Å². The van der Waals surface area contributed by atoms with Crippen LogP contribution >= 0.6 is 0 Å². The molecule has 0 amide bonds. The molecule has 0 aliphatic rings. The molecule has 5 heteroatoms. The molecule has 0 aliphatic carbocycles. The molecule has 5 nitrogen and oxygen atoms in total. The number of aromatic nitrogens is 2. The summed E-state index contributed by atoms with van der Waals surface area (Å²) in [5.74, 6) is 0.559. The van der Waals surface area contributed by atoms with E-state index in [-0.39, 0.29) is 5.69 Å². The van der Waals surface area contributed by atoms with Gasteiger partial charge < -0.3 is 0 Å². The van der Waals surface area contributed by atoms with Crippen molar-refractivity contribution in [1.82, 2.24) is 9.97 Å². The number of non-ortho nitro benzene ring substituents is 1. The third kappa shape index (κ3) is 2.38. The molecule has 1 aromatic heterocycles. The summed E-state index contributed by atoms with van der Waals surface area (Å²) in [6.07, 6.45) is 1.69. The fraction of sp³-hybridized carbons (Fsp3) is 0. The maximum atomic E-state index is 10.9. The number of fused-ring (bicyclic) bond motifs is 2. The fourth-order valence-electron chi connectivity index (χ4n) is 2.59. The van der Waals surface area contributed by atoms with Crippen LogP contribution in [0, 0.1) is 10.1 Å². The van der Waals surface area contributed by atoms with Gasteiger partial charge in [-0.05, 0) is 22.9 Å². The van der Waals surface area contributed by atoms with Crippen LogP contribution in [0.25, 0.3) is 33.1 Å². The van der Waals surface area contributed by atoms with Crippen molar-refractivity contribution in [2.45, 2.75) is 0 Å². The van der Waals surface area contributed by atoms with E-state index in [9.17, 15) is 10.1 Å². The predicted octanol–water partition coefficient (Wildman–Crippen LogP) is 4.36. The van der Waals surface area contributed by atoms with Crippen molar-refractivity contribution in [3.05, 3.63) is 77.0 Å². The van der Waals surface area contributed by atoms with E-state index in [1.54, 1.807) is 12.3 Å². The van der Waals surface area contributed by atoms with Crippen LogP contribution < -0.4 is 0 Å². The molecule has 0 saturated heterocycles. The first kappa shape index (κ1) is 13.3. The highest BCUT2D eigenvalue weighted by Crippen LogP contribution is 2.24. The van der Waals surface area contributed by atoms with Gasteiger partial charge in [0.05, 0.1) is 10.4 Å². The molecule has 0 N–H and O–H groups in total. The maximum Gasteiger partial charge on any atom is 0.271 e. The van der Waals surface area contributed by atoms with Crippen molar-refractivity contribution in [2.24, 2.45) is 0 Å². The lowest BCUT2D eigenvalue weighted by molar-refractivity contribution is -0.384. The smallest absolute Gasteiger partial charge is 0.258 e. The molecule has 0 spiro atoms. The van der Waals surface area contributed by atoms with Crippen molar-refractivity contribution < 1.29 is 4.92 Å². The van der Waals surface area contributed by atoms with Gasteiger partial charge in [0.2, 0.25) is 0 Å². The molecule has 4 aromatic rings. The Morgan fingerprint density at radius 1 is 0.870 bits per heavy atom. The van der Waals surface area contributed by atoms with E-state index in [1.165, 1.54) is 12.1 Å². The van der Waals surface area contributed by atoms with Crippen molar-refractivity contribution in [3.8, 4) is 11.4 Å². The third-order valence-corrected chi connectivity index (χ3v) is 3.78. The quantitative estimate of drug-likeness (QED) is 0.407. The minimum Gasteiger partial charge on any atom is -0.258 e. The van der Waals surface area contributed by atoms with E-state index in [1.807, 2.05) is 42.5 Å². The summed E-state index contributed by atoms with van der Waals surface area (Å²) in [5, 5.41) is 13.9. The van der Waals surface area contributed by atoms with Gasteiger partial charge >= 0.3 is 0 Å². The van der Waals surface area contributed by atoms with Gasteiger partial charge in [-0.3, -0.25) is 10.1 Å². The molecule has 23 heavy (non-hydrogen) atoms. The minimum absolute atomic E-state index is 0.0284. The van der Waals surface area contributed by atoms with E-state index < -0.39 is 4.92 Å². The molecular weight excluding hydrogens is 290 g/mol. The summed E-state index contributed by atoms with van der Waals surface area (Å²) in [4.78, 5) is 19.3. The standard InChI is InChI=1S/C18H11N3O2/c22-21(23)16-8-7-15-11-19-18(20-17(15)10-16)14-6-5-12-3-1-2-4-13(12)9-14/h1-11H. The van der Waals surface area contributed by atoms with Gasteiger partial charge in [-0.15, -0.1) is 0 Å². The summed E-state index contributed by atoms with van der Waals surface area (Å²) in [6, 6.07) is 18.7. The molecule has 0 atom stereocenters. The molecule has 0 unspecified atom stereocenters. The number of benzene rings is 3. The Morgan fingerprint density at radius 3 is 2.48 bits per heavy atom. The van der Waals surface area contributed by atoms with Gasteiger partial charge in [-0.25, -0.2) is 9.97 Å². The zero-order valence-corrected chi connectivity index (χ0v) is 12.0. The van der Waals surface area contributed by atoms with Crippen LogP contribution in [0.3, 0.4) is 0 Å². The Labute approximate surface area is 131 Å². The number of rotatable bonds is 2. The van der Waals surface area contributed by atoms with Crippen molar-refractivity contribution >= 4 is 27.4 Å². The normalized spacial score (nSPS) is 11.0. The molecule has 3 aromatic carbocycles. The van der Waals surface area contributed by atoms with Crippen LogP contribution in [0.15, 0.2) is 66.9 Å². The molecule has 110 valence electrons. The van der Waals surface area contributed by atoms with Gasteiger partial charge in [0.1, 0.15) is 0 Å². The lowest BCUT2D eigenvalue weighted by Crippen LogP contribution is -1.92. The Morgan fingerprint density at radius 2 is 1.65 bits per heavy atom. The summed E-state index contributed by atoms with van der Waals surface area (Å²) < 4.78 is 0. The van der Waals surface area contributed by atoms with Gasteiger partial charge in [0.15, 0.2) is 5.82 Å². The van der Waals surface area contributed by atoms with Crippen LogP contribution in [0.2, 0.25) is 0 Å². The highest BCUT2D eigenvalue weighted by Gasteiger charge is 2.09. The number of nitrogens with zero attached hydrogens (tertiary/aromatic N) is 3. The topological polar surface area (TPSA) is 68.9 Å². The SMILES string of the molecule is O=[N+]([O-])c1ccc2cnc(-c3ccc4ccccc4c3)nc2c1. The highest BCUT2D eigenvalue weighted by atomic mass is 16.6. The Balaban J connectivity index is 1.87. The number of nitro benzene ring substituents is 1. The van der Waals surface area contributed by atoms with Gasteiger partial charge in [-0.2, -0.15) is 0 Å². The van der Waals surface area contributed by atoms with Crippen LogP contribution in [0.1, 0.15) is 0 Å². The average Bonchev–Trinajstić information content (AvgIpc) is 2.60. The Kier molecular flexibility index (Phi) is 2.98. The van der Waals surface area contributed by atoms with E-state index >= 15 is 0 Å². The molecule has 0 saturated carbocycles. The monoisotopic (exact) mass is 301 g/mol. The predicted molar refractivity (Wildman–Crippen MR) is 89.1 cm³/mol. The van der Waals surface area contributed by atoms with E-state index in [0.717, 1.165) is 21.7 Å². The van der Waals surface area contributed by atoms with Crippen LogP contribution in [0.4, 0.5) is 5.69 Å². The molecular formula is C18H11N3O2. The van der Waals surface area contributed by atoms with Crippen LogP contribution in [0.5, 0.6) is 0 Å². The first-order valence-electron chi connectivity index (χ1n) is 7.11. The first-order valence-corrected chi connectivity index (χ1v) is 7.11. The molecule has 0 radical (unpaired) electrons. The first-order chi connectivity index (χ1) is 11.2. The van der Waals surface area contributed by atoms with Crippen molar-refractivity contribution in [2.75, 3.05) is 0 Å². The molecule has 0 bridgehead atoms. The van der Waals surface area contributed by atoms with E-state index in [4.69, 9.17) is 0 Å². The van der Waals surface area contributed by atoms with Crippen molar-refractivity contribution in [1.29, 1.82) is 0 Å². The fourth-order valence-corrected chi connectivity index (χ4v) is 2.59. The van der Waals surface area contributed by atoms with Gasteiger partial charge in [-0.1, -0.05) is 36.4 Å². The second kappa shape index (κ2) is 5.14. The lowest BCUT2D eigenvalue weighted by Gasteiger charge is -2.04. The number of hydrogen-bond donors (Lipinski definition) is 0. The van der Waals surface area contributed by atoms with Crippen molar-refractivity contribution in [3.63, 3.8) is 0 Å². The van der Waals surface area contributed by atoms with Gasteiger partial charge in [0.25, 0.3) is 5.69 Å². The Hall–Kier alpha value is -3.34. The molecule has 0 fully saturated rings. The second-order valence-corrected chi connectivity index (χ2v) is 5.26. The van der Waals surface area contributed by atoms with E-state index in [2.05, 4.69) is 9.97 Å². The zero-order valence-electron chi connectivity index (χ0n) is 12.0. The van der Waals surface area contributed by atoms with Crippen LogP contribution in [-0.4, -0.2) is 14.9 Å². The number of hydrogen-bond acceptors (Lipinski definition) is 4.